The van der Waals surface area contributed by atoms with E-state index in [2.05, 4.69) is 20.9 Å². The number of benzene rings is 1. The SMILES string of the molecule is Fc1ccc(F)c2c(Br)c(I)cnc12. The molecule has 1 aromatic heterocycles. The third-order valence-electron chi connectivity index (χ3n) is 1.81. The first-order valence-electron chi connectivity index (χ1n) is 3.69. The predicted molar refractivity (Wildman–Crippen MR) is 62.1 cm³/mol. The van der Waals surface area contributed by atoms with Crippen LogP contribution in [0.15, 0.2) is 22.8 Å². The average Bonchev–Trinajstić information content (AvgIpc) is 2.16. The fourth-order valence-electron chi connectivity index (χ4n) is 1.17. The third kappa shape index (κ3) is 1.52. The van der Waals surface area contributed by atoms with Gasteiger partial charge in [-0.15, -0.1) is 0 Å². The second kappa shape index (κ2) is 3.69. The van der Waals surface area contributed by atoms with E-state index in [1.54, 1.807) is 0 Å². The molecule has 2 aromatic rings. The van der Waals surface area contributed by atoms with Crippen molar-refractivity contribution in [3.8, 4) is 0 Å². The predicted octanol–water partition coefficient (Wildman–Crippen LogP) is 3.88. The van der Waals surface area contributed by atoms with E-state index in [9.17, 15) is 8.78 Å². The van der Waals surface area contributed by atoms with Gasteiger partial charge in [-0.2, -0.15) is 0 Å². The average molecular weight is 370 g/mol. The van der Waals surface area contributed by atoms with Crippen LogP contribution in [-0.2, 0) is 0 Å². The first-order valence-corrected chi connectivity index (χ1v) is 5.56. The van der Waals surface area contributed by atoms with Gasteiger partial charge in [-0.3, -0.25) is 4.98 Å². The molecule has 0 radical (unpaired) electrons. The van der Waals surface area contributed by atoms with Crippen LogP contribution in [0.3, 0.4) is 0 Å². The molecule has 0 aliphatic carbocycles. The highest BCUT2D eigenvalue weighted by Gasteiger charge is 2.12. The number of hydrogen-bond acceptors (Lipinski definition) is 1. The molecule has 0 spiro atoms. The molecule has 0 unspecified atom stereocenters. The molecule has 0 saturated carbocycles. The van der Waals surface area contributed by atoms with Gasteiger partial charge in [0.2, 0.25) is 0 Å². The quantitative estimate of drug-likeness (QED) is 0.642. The first-order chi connectivity index (χ1) is 6.61. The molecule has 5 heteroatoms. The Morgan fingerprint density at radius 3 is 2.57 bits per heavy atom. The number of rotatable bonds is 0. The molecular formula is C9H3BrF2IN. The van der Waals surface area contributed by atoms with Crippen molar-refractivity contribution in [1.29, 1.82) is 0 Å². The van der Waals surface area contributed by atoms with Crippen molar-refractivity contribution in [3.05, 3.63) is 38.0 Å². The van der Waals surface area contributed by atoms with Gasteiger partial charge in [0.05, 0.1) is 5.39 Å². The largest absolute Gasteiger partial charge is 0.252 e. The summed E-state index contributed by atoms with van der Waals surface area (Å²) in [5.41, 5.74) is 0.0530. The fourth-order valence-corrected chi connectivity index (χ4v) is 2.06. The van der Waals surface area contributed by atoms with Crippen LogP contribution >= 0.6 is 38.5 Å². The lowest BCUT2D eigenvalue weighted by Gasteiger charge is -2.03. The number of hydrogen-bond donors (Lipinski definition) is 0. The highest BCUT2D eigenvalue weighted by molar-refractivity contribution is 14.1. The number of pyridine rings is 1. The van der Waals surface area contributed by atoms with Gasteiger partial charge in [-0.25, -0.2) is 8.78 Å². The van der Waals surface area contributed by atoms with E-state index < -0.39 is 11.6 Å². The van der Waals surface area contributed by atoms with Crippen LogP contribution in [0, 0.1) is 15.2 Å². The monoisotopic (exact) mass is 369 g/mol. The number of nitrogens with zero attached hydrogens (tertiary/aromatic N) is 1. The molecule has 0 aliphatic heterocycles. The van der Waals surface area contributed by atoms with E-state index in [0.717, 1.165) is 15.7 Å². The summed E-state index contributed by atoms with van der Waals surface area (Å²) in [6, 6.07) is 2.17. The van der Waals surface area contributed by atoms with Crippen molar-refractivity contribution in [2.75, 3.05) is 0 Å². The zero-order valence-electron chi connectivity index (χ0n) is 6.69. The smallest absolute Gasteiger partial charge is 0.149 e. The lowest BCUT2D eigenvalue weighted by Crippen LogP contribution is -1.91. The minimum absolute atomic E-state index is 0.0530. The fraction of sp³-hybridized carbons (Fsp3) is 0. The van der Waals surface area contributed by atoms with Gasteiger partial charge in [0.1, 0.15) is 17.2 Å². The van der Waals surface area contributed by atoms with E-state index in [0.29, 0.717) is 4.47 Å². The molecule has 0 N–H and O–H groups in total. The normalized spacial score (nSPS) is 10.9. The van der Waals surface area contributed by atoms with Gasteiger partial charge in [-0.05, 0) is 50.7 Å². The highest BCUT2D eigenvalue weighted by atomic mass is 127. The van der Waals surface area contributed by atoms with E-state index in [4.69, 9.17) is 0 Å². The zero-order valence-corrected chi connectivity index (χ0v) is 10.4. The first kappa shape index (κ1) is 10.2. The Balaban J connectivity index is 3.01. The minimum atomic E-state index is -0.515. The van der Waals surface area contributed by atoms with Crippen molar-refractivity contribution in [2.24, 2.45) is 0 Å². The molecule has 0 fully saturated rings. The van der Waals surface area contributed by atoms with Gasteiger partial charge in [0.25, 0.3) is 0 Å². The van der Waals surface area contributed by atoms with Crippen LogP contribution in [0.1, 0.15) is 0 Å². The summed E-state index contributed by atoms with van der Waals surface area (Å²) >= 11 is 5.21. The van der Waals surface area contributed by atoms with Crippen molar-refractivity contribution in [2.45, 2.75) is 0 Å². The Hall–Kier alpha value is -0.300. The summed E-state index contributed by atoms with van der Waals surface area (Å²) in [5.74, 6) is -0.988. The molecule has 0 atom stereocenters. The van der Waals surface area contributed by atoms with Gasteiger partial charge in [0.15, 0.2) is 0 Å². The van der Waals surface area contributed by atoms with Gasteiger partial charge < -0.3 is 0 Å². The minimum Gasteiger partial charge on any atom is -0.252 e. The molecule has 1 heterocycles. The van der Waals surface area contributed by atoms with Gasteiger partial charge in [-0.1, -0.05) is 0 Å². The summed E-state index contributed by atoms with van der Waals surface area (Å²) < 4.78 is 27.9. The Morgan fingerprint density at radius 1 is 1.21 bits per heavy atom. The topological polar surface area (TPSA) is 12.9 Å². The maximum Gasteiger partial charge on any atom is 0.149 e. The molecular weight excluding hydrogens is 367 g/mol. The van der Waals surface area contributed by atoms with Crippen LogP contribution in [0.5, 0.6) is 0 Å². The Labute approximate surface area is 101 Å². The van der Waals surface area contributed by atoms with Crippen molar-refractivity contribution in [1.82, 2.24) is 4.98 Å². The maximum absolute atomic E-state index is 13.4. The van der Waals surface area contributed by atoms with Crippen molar-refractivity contribution >= 4 is 49.4 Å². The highest BCUT2D eigenvalue weighted by Crippen LogP contribution is 2.30. The molecule has 0 saturated heterocycles. The lowest BCUT2D eigenvalue weighted by molar-refractivity contribution is 0.615. The van der Waals surface area contributed by atoms with E-state index in [-0.39, 0.29) is 10.9 Å². The Kier molecular flexibility index (Phi) is 2.70. The number of halogens is 4. The lowest BCUT2D eigenvalue weighted by atomic mass is 10.2. The Morgan fingerprint density at radius 2 is 1.86 bits per heavy atom. The van der Waals surface area contributed by atoms with Gasteiger partial charge >= 0.3 is 0 Å². The van der Waals surface area contributed by atoms with E-state index >= 15 is 0 Å². The molecule has 0 bridgehead atoms. The van der Waals surface area contributed by atoms with Crippen LogP contribution in [0.4, 0.5) is 8.78 Å². The third-order valence-corrected chi connectivity index (χ3v) is 4.20. The summed E-state index contributed by atoms with van der Waals surface area (Å²) in [4.78, 5) is 3.85. The van der Waals surface area contributed by atoms with Crippen molar-refractivity contribution in [3.63, 3.8) is 0 Å². The van der Waals surface area contributed by atoms with Gasteiger partial charge in [0, 0.05) is 14.2 Å². The van der Waals surface area contributed by atoms with Crippen LogP contribution < -0.4 is 0 Å². The molecule has 72 valence electrons. The molecule has 2 rings (SSSR count). The van der Waals surface area contributed by atoms with E-state index in [1.165, 1.54) is 6.20 Å². The maximum atomic E-state index is 13.4. The number of fused-ring (bicyclic) bond motifs is 1. The number of aromatic nitrogens is 1. The standard InChI is InChI=1S/C9H3BrF2IN/c10-8-6(13)3-14-9-5(12)2-1-4(11)7(8)9/h1-3H. The molecule has 14 heavy (non-hydrogen) atoms. The van der Waals surface area contributed by atoms with Crippen molar-refractivity contribution < 1.29 is 8.78 Å². The molecule has 0 amide bonds. The zero-order chi connectivity index (χ0) is 10.3. The molecule has 1 nitrogen and oxygen atoms in total. The summed E-state index contributed by atoms with van der Waals surface area (Å²) in [5, 5.41) is 0.192. The van der Waals surface area contributed by atoms with Crippen LogP contribution in [-0.4, -0.2) is 4.98 Å². The molecule has 0 aliphatic rings. The van der Waals surface area contributed by atoms with Crippen LogP contribution in [0.25, 0.3) is 10.9 Å². The summed E-state index contributed by atoms with van der Waals surface area (Å²) in [7, 11) is 0. The van der Waals surface area contributed by atoms with Crippen LogP contribution in [0.2, 0.25) is 0 Å². The van der Waals surface area contributed by atoms with E-state index in [1.807, 2.05) is 22.6 Å². The second-order valence-corrected chi connectivity index (χ2v) is 4.63. The molecule has 1 aromatic carbocycles. The second-order valence-electron chi connectivity index (χ2n) is 2.67. The Bertz CT molecular complexity index is 516. The summed E-state index contributed by atoms with van der Waals surface area (Å²) in [6.07, 6.45) is 1.50. The summed E-state index contributed by atoms with van der Waals surface area (Å²) in [6.45, 7) is 0.